The fourth-order valence-corrected chi connectivity index (χ4v) is 5.55. The maximum Gasteiger partial charge on any atom is 0.231 e. The van der Waals surface area contributed by atoms with E-state index in [1.807, 2.05) is 29.5 Å². The number of rotatable bonds is 4. The van der Waals surface area contributed by atoms with E-state index in [0.717, 1.165) is 79.3 Å². The molecule has 3 aromatic rings. The Balaban J connectivity index is 1.39. The monoisotopic (exact) mass is 410 g/mol. The predicted molar refractivity (Wildman–Crippen MR) is 111 cm³/mol. The maximum absolute atomic E-state index is 5.54. The van der Waals surface area contributed by atoms with Crippen LogP contribution in [0.4, 0.5) is 11.5 Å². The molecule has 7 nitrogen and oxygen atoms in total. The van der Waals surface area contributed by atoms with Gasteiger partial charge in [-0.2, -0.15) is 0 Å². The van der Waals surface area contributed by atoms with E-state index in [4.69, 9.17) is 24.2 Å². The zero-order chi connectivity index (χ0) is 19.2. The van der Waals surface area contributed by atoms with Crippen LogP contribution in [0.25, 0.3) is 10.2 Å². The highest BCUT2D eigenvalue weighted by atomic mass is 32.1. The molecule has 0 unspecified atom stereocenters. The van der Waals surface area contributed by atoms with Crippen molar-refractivity contribution >= 4 is 33.1 Å². The summed E-state index contributed by atoms with van der Waals surface area (Å²) in [6, 6.07) is 5.93. The Morgan fingerprint density at radius 3 is 2.90 bits per heavy atom. The highest BCUT2D eigenvalue weighted by molar-refractivity contribution is 7.19. The van der Waals surface area contributed by atoms with Crippen LogP contribution in [0.1, 0.15) is 22.7 Å². The second kappa shape index (κ2) is 7.12. The molecule has 1 saturated heterocycles. The topological polar surface area (TPSA) is 68.7 Å². The Morgan fingerprint density at radius 1 is 1.07 bits per heavy atom. The molecule has 150 valence electrons. The molecule has 4 heterocycles. The van der Waals surface area contributed by atoms with E-state index in [1.54, 1.807) is 0 Å². The molecule has 6 rings (SSSR count). The Labute approximate surface area is 172 Å². The smallest absolute Gasteiger partial charge is 0.231 e. The van der Waals surface area contributed by atoms with E-state index in [9.17, 15) is 0 Å². The average molecular weight is 410 g/mol. The third kappa shape index (κ3) is 3.21. The van der Waals surface area contributed by atoms with Crippen molar-refractivity contribution in [3.63, 3.8) is 0 Å². The number of fused-ring (bicyclic) bond motifs is 4. The number of hydrogen-bond acceptors (Lipinski definition) is 8. The Hall–Kier alpha value is -2.42. The minimum atomic E-state index is 0.276. The maximum atomic E-state index is 5.54. The molecule has 0 amide bonds. The van der Waals surface area contributed by atoms with Crippen LogP contribution in [0.3, 0.4) is 0 Å². The molecule has 1 aliphatic carbocycles. The van der Waals surface area contributed by atoms with Crippen molar-refractivity contribution in [2.24, 2.45) is 0 Å². The molecule has 1 N–H and O–H groups in total. The SMILES string of the molecule is c1cc2c(cc1Nc1nc(CN3CCOCC3)nc3sc4c(c13)CCC4)OCO2. The molecule has 0 bridgehead atoms. The fraction of sp³-hybridized carbons (Fsp3) is 0.429. The summed E-state index contributed by atoms with van der Waals surface area (Å²) in [6.45, 7) is 4.42. The summed E-state index contributed by atoms with van der Waals surface area (Å²) in [6.07, 6.45) is 3.48. The van der Waals surface area contributed by atoms with Gasteiger partial charge in [-0.15, -0.1) is 11.3 Å². The van der Waals surface area contributed by atoms with Crippen LogP contribution < -0.4 is 14.8 Å². The number of nitrogens with one attached hydrogen (secondary N) is 1. The molecular weight excluding hydrogens is 388 g/mol. The van der Waals surface area contributed by atoms with E-state index >= 15 is 0 Å². The summed E-state index contributed by atoms with van der Waals surface area (Å²) in [5.74, 6) is 3.32. The first-order chi connectivity index (χ1) is 14.3. The van der Waals surface area contributed by atoms with Crippen molar-refractivity contribution in [2.45, 2.75) is 25.8 Å². The van der Waals surface area contributed by atoms with Gasteiger partial charge in [-0.05, 0) is 37.0 Å². The minimum absolute atomic E-state index is 0.276. The lowest BCUT2D eigenvalue weighted by Gasteiger charge is -2.25. The normalized spacial score (nSPS) is 18.3. The molecule has 1 fully saturated rings. The number of benzene rings is 1. The summed E-state index contributed by atoms with van der Waals surface area (Å²) in [4.78, 5) is 14.8. The number of ether oxygens (including phenoxy) is 3. The first-order valence-electron chi connectivity index (χ1n) is 10.1. The van der Waals surface area contributed by atoms with E-state index in [-0.39, 0.29) is 6.79 Å². The third-order valence-corrected chi connectivity index (χ3v) is 6.90. The molecule has 2 aromatic heterocycles. The molecular formula is C21H22N4O3S. The van der Waals surface area contributed by atoms with Crippen molar-refractivity contribution < 1.29 is 14.2 Å². The summed E-state index contributed by atoms with van der Waals surface area (Å²) >= 11 is 1.83. The van der Waals surface area contributed by atoms with Crippen molar-refractivity contribution in [1.82, 2.24) is 14.9 Å². The second-order valence-corrected chi connectivity index (χ2v) is 8.69. The number of morpholine rings is 1. The minimum Gasteiger partial charge on any atom is -0.454 e. The number of aromatic nitrogens is 2. The van der Waals surface area contributed by atoms with Gasteiger partial charge in [0.2, 0.25) is 6.79 Å². The van der Waals surface area contributed by atoms with E-state index in [0.29, 0.717) is 0 Å². The lowest BCUT2D eigenvalue weighted by atomic mass is 10.2. The second-order valence-electron chi connectivity index (χ2n) is 7.61. The van der Waals surface area contributed by atoms with Crippen molar-refractivity contribution in [2.75, 3.05) is 38.4 Å². The number of thiophene rings is 1. The van der Waals surface area contributed by atoms with Gasteiger partial charge in [0.05, 0.1) is 25.1 Å². The zero-order valence-electron chi connectivity index (χ0n) is 16.1. The summed E-state index contributed by atoms with van der Waals surface area (Å²) in [5, 5.41) is 4.73. The quantitative estimate of drug-likeness (QED) is 0.706. The van der Waals surface area contributed by atoms with Gasteiger partial charge in [0, 0.05) is 29.7 Å². The molecule has 0 radical (unpaired) electrons. The van der Waals surface area contributed by atoms with Crippen LogP contribution in [0.5, 0.6) is 11.5 Å². The summed E-state index contributed by atoms with van der Waals surface area (Å²) in [7, 11) is 0. The Bertz CT molecular complexity index is 1080. The molecule has 29 heavy (non-hydrogen) atoms. The van der Waals surface area contributed by atoms with Gasteiger partial charge in [0.15, 0.2) is 11.5 Å². The fourth-order valence-electron chi connectivity index (χ4n) is 4.27. The van der Waals surface area contributed by atoms with Crippen LogP contribution >= 0.6 is 11.3 Å². The zero-order valence-corrected chi connectivity index (χ0v) is 16.9. The van der Waals surface area contributed by atoms with Crippen LogP contribution in [-0.2, 0) is 24.1 Å². The number of aryl methyl sites for hydroxylation is 2. The Kier molecular flexibility index (Phi) is 4.28. The molecule has 0 atom stereocenters. The van der Waals surface area contributed by atoms with E-state index in [1.165, 1.54) is 22.2 Å². The van der Waals surface area contributed by atoms with Gasteiger partial charge in [0.1, 0.15) is 16.5 Å². The molecule has 8 heteroatoms. The van der Waals surface area contributed by atoms with Crippen LogP contribution in [-0.4, -0.2) is 48.0 Å². The Morgan fingerprint density at radius 2 is 1.97 bits per heavy atom. The first kappa shape index (κ1) is 17.4. The van der Waals surface area contributed by atoms with Crippen LogP contribution in [0.15, 0.2) is 18.2 Å². The van der Waals surface area contributed by atoms with Crippen molar-refractivity contribution in [3.05, 3.63) is 34.5 Å². The molecule has 0 saturated carbocycles. The van der Waals surface area contributed by atoms with Gasteiger partial charge in [-0.3, -0.25) is 4.90 Å². The van der Waals surface area contributed by atoms with Gasteiger partial charge < -0.3 is 19.5 Å². The number of anilines is 2. The van der Waals surface area contributed by atoms with Crippen molar-refractivity contribution in [1.29, 1.82) is 0 Å². The van der Waals surface area contributed by atoms with Gasteiger partial charge in [-0.25, -0.2) is 9.97 Å². The predicted octanol–water partition coefficient (Wildman–Crippen LogP) is 3.48. The lowest BCUT2D eigenvalue weighted by Crippen LogP contribution is -2.36. The van der Waals surface area contributed by atoms with Crippen molar-refractivity contribution in [3.8, 4) is 11.5 Å². The first-order valence-corrected chi connectivity index (χ1v) is 10.9. The lowest BCUT2D eigenvalue weighted by molar-refractivity contribution is 0.0331. The standard InChI is InChI=1S/C21H22N4O3S/c1-2-14-17(3-1)29-21-19(14)20(22-13-4-5-15-16(10-13)28-12-27-15)23-18(24-21)11-25-6-8-26-9-7-25/h4-5,10H,1-3,6-9,11-12H2,(H,22,23,24). The third-order valence-electron chi connectivity index (χ3n) is 5.72. The van der Waals surface area contributed by atoms with Gasteiger partial charge >= 0.3 is 0 Å². The van der Waals surface area contributed by atoms with Gasteiger partial charge in [-0.1, -0.05) is 0 Å². The highest BCUT2D eigenvalue weighted by Crippen LogP contribution is 2.41. The van der Waals surface area contributed by atoms with E-state index < -0.39 is 0 Å². The summed E-state index contributed by atoms with van der Waals surface area (Å²) in [5.41, 5.74) is 2.37. The molecule has 0 spiro atoms. The highest BCUT2D eigenvalue weighted by Gasteiger charge is 2.24. The van der Waals surface area contributed by atoms with Crippen LogP contribution in [0, 0.1) is 0 Å². The van der Waals surface area contributed by atoms with Gasteiger partial charge in [0.25, 0.3) is 0 Å². The molecule has 3 aliphatic rings. The summed E-state index contributed by atoms with van der Waals surface area (Å²) < 4.78 is 16.4. The average Bonchev–Trinajstić information content (AvgIpc) is 3.44. The largest absolute Gasteiger partial charge is 0.454 e. The van der Waals surface area contributed by atoms with Crippen LogP contribution in [0.2, 0.25) is 0 Å². The number of nitrogens with zero attached hydrogens (tertiary/aromatic N) is 3. The van der Waals surface area contributed by atoms with E-state index in [2.05, 4.69) is 10.2 Å². The molecule has 1 aromatic carbocycles. The molecule has 2 aliphatic heterocycles. The number of hydrogen-bond donors (Lipinski definition) is 1.